The van der Waals surface area contributed by atoms with E-state index in [1.807, 2.05) is 0 Å². The average Bonchev–Trinajstić information content (AvgIpc) is 2.42. The van der Waals surface area contributed by atoms with Crippen LogP contribution in [0, 0.1) is 31.0 Å². The summed E-state index contributed by atoms with van der Waals surface area (Å²) in [6, 6.07) is 0. The van der Waals surface area contributed by atoms with Gasteiger partial charge in [-0.3, -0.25) is 10.8 Å². The SMILES string of the molecule is N=C(N)NN=C1C=CC(=NNC(=N)N)C=C1.O=[N+]([O-])O.O=[N+]([O-])O. The van der Waals surface area contributed by atoms with Crippen molar-refractivity contribution in [3.8, 4) is 0 Å². The predicted octanol–water partition coefficient (Wildman–Crippen LogP) is -1.90. The Hall–Kier alpha value is -4.24. The zero-order valence-electron chi connectivity index (χ0n) is 11.8. The van der Waals surface area contributed by atoms with E-state index in [0.29, 0.717) is 11.4 Å². The van der Waals surface area contributed by atoms with Crippen molar-refractivity contribution in [2.24, 2.45) is 21.7 Å². The Morgan fingerprint density at radius 2 is 1.12 bits per heavy atom. The molecule has 0 saturated heterocycles. The summed E-state index contributed by atoms with van der Waals surface area (Å²) in [5.74, 6) is -0.459. The van der Waals surface area contributed by atoms with Crippen molar-refractivity contribution < 1.29 is 20.6 Å². The summed E-state index contributed by atoms with van der Waals surface area (Å²) in [7, 11) is 0. The predicted molar refractivity (Wildman–Crippen MR) is 80.8 cm³/mol. The molecule has 1 rings (SSSR count). The third-order valence-electron chi connectivity index (χ3n) is 1.46. The zero-order valence-corrected chi connectivity index (χ0v) is 11.8. The third kappa shape index (κ3) is 20.1. The van der Waals surface area contributed by atoms with Gasteiger partial charge in [-0.15, -0.1) is 20.2 Å². The fourth-order valence-corrected chi connectivity index (χ4v) is 0.851. The van der Waals surface area contributed by atoms with E-state index >= 15 is 0 Å². The molecule has 24 heavy (non-hydrogen) atoms. The van der Waals surface area contributed by atoms with E-state index in [1.165, 1.54) is 0 Å². The van der Waals surface area contributed by atoms with Crippen LogP contribution in [-0.2, 0) is 0 Å². The molecule has 0 aromatic carbocycles. The van der Waals surface area contributed by atoms with E-state index in [-0.39, 0.29) is 11.9 Å². The number of nitrogens with two attached hydrogens (primary N) is 2. The van der Waals surface area contributed by atoms with Gasteiger partial charge in [-0.25, -0.2) is 10.9 Å². The smallest absolute Gasteiger partial charge is 0.291 e. The van der Waals surface area contributed by atoms with Crippen LogP contribution in [0.5, 0.6) is 0 Å². The minimum absolute atomic E-state index is 0.230. The van der Waals surface area contributed by atoms with Crippen molar-refractivity contribution in [1.29, 1.82) is 10.8 Å². The Balaban J connectivity index is 0. The summed E-state index contributed by atoms with van der Waals surface area (Å²) in [6.07, 6.45) is 6.71. The molecule has 0 atom stereocenters. The van der Waals surface area contributed by atoms with Gasteiger partial charge in [0.1, 0.15) is 0 Å². The molecule has 0 unspecified atom stereocenters. The van der Waals surface area contributed by atoms with Gasteiger partial charge in [-0.2, -0.15) is 10.2 Å². The van der Waals surface area contributed by atoms with Gasteiger partial charge in [-0.1, -0.05) is 0 Å². The lowest BCUT2D eigenvalue weighted by molar-refractivity contribution is -0.742. The number of nitrogens with one attached hydrogen (secondary N) is 4. The van der Waals surface area contributed by atoms with E-state index in [2.05, 4.69) is 21.1 Å². The van der Waals surface area contributed by atoms with Crippen LogP contribution in [0.15, 0.2) is 34.5 Å². The lowest BCUT2D eigenvalue weighted by Crippen LogP contribution is -2.27. The van der Waals surface area contributed by atoms with Gasteiger partial charge in [0.15, 0.2) is 0 Å². The number of hydrazone groups is 2. The molecule has 0 radical (unpaired) electrons. The average molecular weight is 346 g/mol. The maximum atomic E-state index is 8.36. The van der Waals surface area contributed by atoms with Gasteiger partial charge in [0.2, 0.25) is 11.9 Å². The van der Waals surface area contributed by atoms with E-state index in [1.54, 1.807) is 24.3 Å². The minimum Gasteiger partial charge on any atom is -0.369 e. The summed E-state index contributed by atoms with van der Waals surface area (Å²) in [6.45, 7) is 0. The third-order valence-corrected chi connectivity index (χ3v) is 1.46. The van der Waals surface area contributed by atoms with Gasteiger partial charge in [0.05, 0.1) is 11.4 Å². The standard InChI is InChI=1S/C8H12N8.2HNO3/c9-7(10)15-13-5-1-2-6(4-3-5)14-16-8(11)12;2*2-1(3)4/h1-4H,(H4,9,10,15)(H4,11,12,16);2*(H,2,3,4). The van der Waals surface area contributed by atoms with E-state index in [4.69, 9.17) is 52.9 Å². The summed E-state index contributed by atoms with van der Waals surface area (Å²) in [5, 5.41) is 48.7. The summed E-state index contributed by atoms with van der Waals surface area (Å²) < 4.78 is 0. The molecule has 0 fully saturated rings. The molecule has 16 nitrogen and oxygen atoms in total. The van der Waals surface area contributed by atoms with Crippen molar-refractivity contribution in [1.82, 2.24) is 10.9 Å². The first kappa shape index (κ1) is 22.0. The van der Waals surface area contributed by atoms with Crippen LogP contribution in [-0.4, -0.2) is 43.9 Å². The normalized spacial score (nSPS) is 10.8. The minimum atomic E-state index is -1.50. The van der Waals surface area contributed by atoms with Crippen LogP contribution < -0.4 is 22.3 Å². The molecule has 132 valence electrons. The van der Waals surface area contributed by atoms with Gasteiger partial charge in [-0.05, 0) is 24.3 Å². The number of hydrogen-bond donors (Lipinski definition) is 8. The van der Waals surface area contributed by atoms with Crippen LogP contribution in [0.2, 0.25) is 0 Å². The molecule has 0 aromatic heterocycles. The van der Waals surface area contributed by atoms with Crippen LogP contribution in [0.4, 0.5) is 0 Å². The van der Waals surface area contributed by atoms with Crippen molar-refractivity contribution >= 4 is 23.3 Å². The molecule has 16 heteroatoms. The Kier molecular flexibility index (Phi) is 11.5. The monoisotopic (exact) mass is 346 g/mol. The van der Waals surface area contributed by atoms with E-state index < -0.39 is 10.2 Å². The van der Waals surface area contributed by atoms with Crippen LogP contribution in [0.1, 0.15) is 0 Å². The Labute approximate surface area is 133 Å². The molecule has 0 spiro atoms. The first-order valence-corrected chi connectivity index (χ1v) is 5.42. The lowest BCUT2D eigenvalue weighted by Gasteiger charge is -2.03. The highest BCUT2D eigenvalue weighted by molar-refractivity contribution is 6.18. The number of allylic oxidation sites excluding steroid dienone is 4. The van der Waals surface area contributed by atoms with Gasteiger partial charge in [0, 0.05) is 0 Å². The lowest BCUT2D eigenvalue weighted by atomic mass is 10.1. The second-order valence-corrected chi connectivity index (χ2v) is 3.27. The summed E-state index contributed by atoms with van der Waals surface area (Å²) in [4.78, 5) is 16.7. The zero-order chi connectivity index (χ0) is 19.1. The first-order chi connectivity index (χ1) is 11.0. The fraction of sp³-hybridized carbons (Fsp3) is 0. The Bertz CT molecular complexity index is 518. The number of guanidine groups is 2. The molecule has 1 aliphatic carbocycles. The molecule has 0 aliphatic heterocycles. The van der Waals surface area contributed by atoms with Gasteiger partial charge < -0.3 is 21.9 Å². The summed E-state index contributed by atoms with van der Waals surface area (Å²) in [5.41, 5.74) is 16.0. The molecule has 10 N–H and O–H groups in total. The maximum absolute atomic E-state index is 8.36. The van der Waals surface area contributed by atoms with E-state index in [9.17, 15) is 0 Å². The summed E-state index contributed by atoms with van der Waals surface area (Å²) >= 11 is 0. The topological polar surface area (TPSA) is 275 Å². The van der Waals surface area contributed by atoms with Gasteiger partial charge in [0.25, 0.3) is 10.2 Å². The fourth-order valence-electron chi connectivity index (χ4n) is 0.851. The molecule has 0 saturated carbocycles. The van der Waals surface area contributed by atoms with Crippen LogP contribution in [0.25, 0.3) is 0 Å². The molecule has 0 bridgehead atoms. The number of hydrogen-bond acceptors (Lipinski definition) is 8. The highest BCUT2D eigenvalue weighted by Crippen LogP contribution is 1.96. The van der Waals surface area contributed by atoms with Crippen molar-refractivity contribution in [3.05, 3.63) is 44.5 Å². The van der Waals surface area contributed by atoms with Gasteiger partial charge >= 0.3 is 0 Å². The second-order valence-electron chi connectivity index (χ2n) is 3.27. The number of nitrogens with zero attached hydrogens (tertiary/aromatic N) is 4. The van der Waals surface area contributed by atoms with Crippen LogP contribution in [0.3, 0.4) is 0 Å². The molecular weight excluding hydrogens is 332 g/mol. The highest BCUT2D eigenvalue weighted by atomic mass is 16.9. The molecular formula is C8H14N10O6. The molecule has 1 aliphatic rings. The van der Waals surface area contributed by atoms with Crippen LogP contribution >= 0.6 is 0 Å². The quantitative estimate of drug-likeness (QED) is 0.0902. The van der Waals surface area contributed by atoms with Crippen molar-refractivity contribution in [3.63, 3.8) is 0 Å². The van der Waals surface area contributed by atoms with Crippen molar-refractivity contribution in [2.45, 2.75) is 0 Å². The number of rotatable bonds is 2. The molecule has 0 amide bonds. The van der Waals surface area contributed by atoms with Crippen molar-refractivity contribution in [2.75, 3.05) is 0 Å². The molecule has 0 heterocycles. The second kappa shape index (κ2) is 12.5. The Morgan fingerprint density at radius 1 is 0.917 bits per heavy atom. The Morgan fingerprint density at radius 3 is 1.29 bits per heavy atom. The maximum Gasteiger partial charge on any atom is 0.291 e. The largest absolute Gasteiger partial charge is 0.369 e. The molecule has 0 aromatic rings. The van der Waals surface area contributed by atoms with E-state index in [0.717, 1.165) is 0 Å². The highest BCUT2D eigenvalue weighted by Gasteiger charge is 1.99. The first-order valence-electron chi connectivity index (χ1n) is 5.42.